The molecule has 5 N–H and O–H groups in total. The maximum Gasteiger partial charge on any atom is 0.338 e. The molecular formula is C12H13N5O2. The number of nitrogens with one attached hydrogen (secondary N) is 2. The van der Waals surface area contributed by atoms with Gasteiger partial charge >= 0.3 is 5.97 Å². The van der Waals surface area contributed by atoms with E-state index in [-0.39, 0.29) is 17.0 Å². The fourth-order valence-corrected chi connectivity index (χ4v) is 1.49. The van der Waals surface area contributed by atoms with Crippen molar-refractivity contribution in [2.45, 2.75) is 13.8 Å². The quantitative estimate of drug-likeness (QED) is 0.366. The van der Waals surface area contributed by atoms with E-state index in [2.05, 4.69) is 10.5 Å². The summed E-state index contributed by atoms with van der Waals surface area (Å²) < 4.78 is 0. The predicted octanol–water partition coefficient (Wildman–Crippen LogP) is 1.23. The van der Waals surface area contributed by atoms with Crippen molar-refractivity contribution < 1.29 is 9.90 Å². The normalized spacial score (nSPS) is 10.7. The molecule has 0 fully saturated rings. The molecule has 0 spiro atoms. The molecule has 0 bridgehead atoms. The van der Waals surface area contributed by atoms with E-state index in [0.717, 1.165) is 0 Å². The molecule has 0 heterocycles. The first-order chi connectivity index (χ1) is 8.88. The SMILES string of the molecule is Cc1ccc(C)c(C(=O)O)c1N/N=C(\C#N)C(=N)N. The third-order valence-corrected chi connectivity index (χ3v) is 2.48. The van der Waals surface area contributed by atoms with E-state index in [1.54, 1.807) is 32.0 Å². The van der Waals surface area contributed by atoms with Crippen LogP contribution in [0.1, 0.15) is 21.5 Å². The molecule has 1 rings (SSSR count). The van der Waals surface area contributed by atoms with Crippen molar-refractivity contribution in [3.8, 4) is 6.07 Å². The number of nitriles is 1. The van der Waals surface area contributed by atoms with Crippen LogP contribution in [0.3, 0.4) is 0 Å². The molecule has 0 amide bonds. The lowest BCUT2D eigenvalue weighted by Gasteiger charge is -2.11. The number of nitrogens with zero attached hydrogens (tertiary/aromatic N) is 2. The van der Waals surface area contributed by atoms with Crippen LogP contribution >= 0.6 is 0 Å². The number of carbonyl (C=O) groups is 1. The molecule has 1 aromatic rings. The van der Waals surface area contributed by atoms with Crippen LogP contribution in [0.25, 0.3) is 0 Å². The highest BCUT2D eigenvalue weighted by atomic mass is 16.4. The molecule has 0 aliphatic rings. The standard InChI is InChI=1S/C12H13N5O2/c1-6-3-4-7(2)10(9(6)12(18)19)17-16-8(5-13)11(14)15/h3-4,17H,1-2H3,(H3,14,15)(H,18,19)/b16-8+. The summed E-state index contributed by atoms with van der Waals surface area (Å²) in [7, 11) is 0. The van der Waals surface area contributed by atoms with Gasteiger partial charge in [0.2, 0.25) is 5.71 Å². The number of hydrazone groups is 1. The second-order valence-corrected chi connectivity index (χ2v) is 3.85. The van der Waals surface area contributed by atoms with Crippen molar-refractivity contribution in [1.82, 2.24) is 0 Å². The number of carboxylic acids is 1. The third-order valence-electron chi connectivity index (χ3n) is 2.48. The minimum absolute atomic E-state index is 0.0737. The van der Waals surface area contributed by atoms with Gasteiger partial charge in [0.1, 0.15) is 6.07 Å². The molecule has 1 aromatic carbocycles. The lowest BCUT2D eigenvalue weighted by atomic mass is 10.0. The Labute approximate surface area is 109 Å². The zero-order valence-corrected chi connectivity index (χ0v) is 10.5. The third kappa shape index (κ3) is 3.07. The van der Waals surface area contributed by atoms with Gasteiger partial charge in [0.15, 0.2) is 5.84 Å². The molecule has 0 radical (unpaired) electrons. The van der Waals surface area contributed by atoms with Crippen molar-refractivity contribution in [3.63, 3.8) is 0 Å². The topological polar surface area (TPSA) is 135 Å². The van der Waals surface area contributed by atoms with Gasteiger partial charge in [-0.15, -0.1) is 0 Å². The highest BCUT2D eigenvalue weighted by molar-refractivity contribution is 6.45. The van der Waals surface area contributed by atoms with Gasteiger partial charge in [0.05, 0.1) is 11.3 Å². The summed E-state index contributed by atoms with van der Waals surface area (Å²) in [6.45, 7) is 3.37. The number of anilines is 1. The van der Waals surface area contributed by atoms with Crippen LogP contribution in [-0.2, 0) is 0 Å². The summed E-state index contributed by atoms with van der Waals surface area (Å²) in [6, 6.07) is 5.06. The molecule has 0 aliphatic heterocycles. The van der Waals surface area contributed by atoms with Gasteiger partial charge in [0, 0.05) is 0 Å². The number of carboxylic acid groups (broad SMARTS) is 1. The van der Waals surface area contributed by atoms with Crippen molar-refractivity contribution in [2.75, 3.05) is 5.43 Å². The summed E-state index contributed by atoms with van der Waals surface area (Å²) in [5.41, 5.74) is 8.92. The van der Waals surface area contributed by atoms with Gasteiger partial charge in [-0.2, -0.15) is 10.4 Å². The van der Waals surface area contributed by atoms with Gasteiger partial charge in [-0.25, -0.2) is 4.79 Å². The Bertz CT molecular complexity index is 613. The maximum atomic E-state index is 11.2. The summed E-state index contributed by atoms with van der Waals surface area (Å²) in [4.78, 5) is 11.2. The molecule has 0 unspecified atom stereocenters. The number of rotatable bonds is 4. The Morgan fingerprint density at radius 1 is 1.47 bits per heavy atom. The average molecular weight is 259 g/mol. The number of aromatic carboxylic acids is 1. The molecule has 0 saturated heterocycles. The van der Waals surface area contributed by atoms with Crippen LogP contribution in [0.2, 0.25) is 0 Å². The molecule has 0 aliphatic carbocycles. The predicted molar refractivity (Wildman–Crippen MR) is 71.5 cm³/mol. The number of hydrogen-bond acceptors (Lipinski definition) is 5. The van der Waals surface area contributed by atoms with Crippen molar-refractivity contribution in [1.29, 1.82) is 10.7 Å². The van der Waals surface area contributed by atoms with Crippen LogP contribution in [0.15, 0.2) is 17.2 Å². The van der Waals surface area contributed by atoms with Crippen molar-refractivity contribution in [3.05, 3.63) is 28.8 Å². The molecule has 98 valence electrons. The Kier molecular flexibility index (Phi) is 4.21. The largest absolute Gasteiger partial charge is 0.478 e. The Morgan fingerprint density at radius 2 is 2.05 bits per heavy atom. The molecule has 0 saturated carbocycles. The Hall–Kier alpha value is -2.88. The molecule has 0 aromatic heterocycles. The van der Waals surface area contributed by atoms with Crippen LogP contribution in [0, 0.1) is 30.6 Å². The zero-order chi connectivity index (χ0) is 14.6. The molecule has 7 heteroatoms. The number of benzene rings is 1. The second kappa shape index (κ2) is 5.64. The van der Waals surface area contributed by atoms with Crippen molar-refractivity contribution in [2.24, 2.45) is 10.8 Å². The number of hydrogen-bond donors (Lipinski definition) is 4. The van der Waals surface area contributed by atoms with Crippen LogP contribution in [0.5, 0.6) is 0 Å². The van der Waals surface area contributed by atoms with Gasteiger partial charge in [-0.3, -0.25) is 10.8 Å². The van der Waals surface area contributed by atoms with Gasteiger partial charge in [-0.1, -0.05) is 12.1 Å². The van der Waals surface area contributed by atoms with Gasteiger partial charge in [0.25, 0.3) is 0 Å². The highest BCUT2D eigenvalue weighted by Gasteiger charge is 2.15. The molecule has 7 nitrogen and oxygen atoms in total. The van der Waals surface area contributed by atoms with Crippen molar-refractivity contribution >= 4 is 23.2 Å². The van der Waals surface area contributed by atoms with E-state index in [9.17, 15) is 9.90 Å². The lowest BCUT2D eigenvalue weighted by molar-refractivity contribution is 0.0697. The summed E-state index contributed by atoms with van der Waals surface area (Å²) in [6.07, 6.45) is 0. The minimum Gasteiger partial charge on any atom is -0.478 e. The van der Waals surface area contributed by atoms with E-state index >= 15 is 0 Å². The van der Waals surface area contributed by atoms with Gasteiger partial charge in [-0.05, 0) is 25.0 Å². The zero-order valence-electron chi connectivity index (χ0n) is 10.5. The molecular weight excluding hydrogens is 246 g/mol. The first kappa shape index (κ1) is 14.2. The summed E-state index contributed by atoms with van der Waals surface area (Å²) >= 11 is 0. The molecule has 19 heavy (non-hydrogen) atoms. The van der Waals surface area contributed by atoms with E-state index in [4.69, 9.17) is 16.4 Å². The number of aryl methyl sites for hydroxylation is 2. The van der Waals surface area contributed by atoms with Crippen LogP contribution in [0.4, 0.5) is 5.69 Å². The first-order valence-electron chi connectivity index (χ1n) is 5.30. The summed E-state index contributed by atoms with van der Waals surface area (Å²) in [5, 5.41) is 28.7. The van der Waals surface area contributed by atoms with Gasteiger partial charge < -0.3 is 10.8 Å². The summed E-state index contributed by atoms with van der Waals surface area (Å²) in [5.74, 6) is -1.59. The average Bonchev–Trinajstić information content (AvgIpc) is 2.33. The second-order valence-electron chi connectivity index (χ2n) is 3.85. The van der Waals surface area contributed by atoms with E-state index < -0.39 is 11.8 Å². The fourth-order valence-electron chi connectivity index (χ4n) is 1.49. The Morgan fingerprint density at radius 3 is 2.53 bits per heavy atom. The minimum atomic E-state index is -1.10. The lowest BCUT2D eigenvalue weighted by Crippen LogP contribution is -2.22. The fraction of sp³-hybridized carbons (Fsp3) is 0.167. The van der Waals surface area contributed by atoms with Crippen LogP contribution < -0.4 is 11.2 Å². The Balaban J connectivity index is 3.29. The highest BCUT2D eigenvalue weighted by Crippen LogP contribution is 2.24. The maximum absolute atomic E-state index is 11.2. The first-order valence-corrected chi connectivity index (χ1v) is 5.30. The van der Waals surface area contributed by atoms with E-state index in [0.29, 0.717) is 11.1 Å². The smallest absolute Gasteiger partial charge is 0.338 e. The van der Waals surface area contributed by atoms with E-state index in [1.807, 2.05) is 0 Å². The molecule has 0 atom stereocenters. The number of nitrogens with two attached hydrogens (primary N) is 1. The van der Waals surface area contributed by atoms with Crippen LogP contribution in [-0.4, -0.2) is 22.6 Å². The monoisotopic (exact) mass is 259 g/mol. The van der Waals surface area contributed by atoms with E-state index in [1.165, 1.54) is 0 Å². The number of amidine groups is 1.